The minimum absolute atomic E-state index is 0.184. The molecule has 0 radical (unpaired) electrons. The number of rotatable bonds is 4. The molecule has 2 aromatic heterocycles. The lowest BCUT2D eigenvalue weighted by Crippen LogP contribution is -2.13. The molecule has 7 nitrogen and oxygen atoms in total. The molecule has 3 rings (SSSR count). The number of carbonyl (C=O) groups excluding carboxylic acids is 1. The van der Waals surface area contributed by atoms with Crippen molar-refractivity contribution in [2.24, 2.45) is 0 Å². The fourth-order valence-electron chi connectivity index (χ4n) is 2.34. The second kappa shape index (κ2) is 6.51. The fraction of sp³-hybridized carbons (Fsp3) is 0.333. The van der Waals surface area contributed by atoms with Crippen molar-refractivity contribution in [3.8, 4) is 17.1 Å². The summed E-state index contributed by atoms with van der Waals surface area (Å²) in [5, 5.41) is 12.2. The molecule has 0 aliphatic rings. The molecule has 0 saturated heterocycles. The van der Waals surface area contributed by atoms with Gasteiger partial charge >= 0.3 is 5.97 Å². The maximum absolute atomic E-state index is 12.3. The lowest BCUT2D eigenvalue weighted by atomic mass is 9.92. The van der Waals surface area contributed by atoms with Gasteiger partial charge in [-0.2, -0.15) is 5.10 Å². The first-order valence-corrected chi connectivity index (χ1v) is 8.05. The Morgan fingerprint density at radius 2 is 1.96 bits per heavy atom. The number of aromatic nitrogens is 4. The fourth-order valence-corrected chi connectivity index (χ4v) is 2.34. The average Bonchev–Trinajstić information content (AvgIpc) is 3.24. The van der Waals surface area contributed by atoms with E-state index in [2.05, 4.69) is 15.3 Å². The van der Waals surface area contributed by atoms with Gasteiger partial charge in [0.2, 0.25) is 12.3 Å². The Morgan fingerprint density at radius 3 is 2.52 bits per heavy atom. The number of hydrogen-bond donors (Lipinski definition) is 0. The molecule has 0 aliphatic carbocycles. The van der Waals surface area contributed by atoms with Crippen molar-refractivity contribution in [3.63, 3.8) is 0 Å². The van der Waals surface area contributed by atoms with Crippen LogP contribution in [-0.4, -0.2) is 32.6 Å². The van der Waals surface area contributed by atoms with Gasteiger partial charge < -0.3 is 9.15 Å². The third kappa shape index (κ3) is 3.45. The summed E-state index contributed by atoms with van der Waals surface area (Å²) in [5.41, 5.74) is 2.58. The highest BCUT2D eigenvalue weighted by atomic mass is 16.5. The largest absolute Gasteiger partial charge is 0.461 e. The highest BCUT2D eigenvalue weighted by Gasteiger charge is 2.24. The van der Waals surface area contributed by atoms with Gasteiger partial charge in [0.15, 0.2) is 5.69 Å². The van der Waals surface area contributed by atoms with Gasteiger partial charge in [0.05, 0.1) is 18.0 Å². The lowest BCUT2D eigenvalue weighted by molar-refractivity contribution is 0.0515. The maximum Gasteiger partial charge on any atom is 0.357 e. The van der Waals surface area contributed by atoms with Crippen molar-refractivity contribution in [1.82, 2.24) is 20.0 Å². The van der Waals surface area contributed by atoms with Gasteiger partial charge in [-0.05, 0) is 37.3 Å². The minimum Gasteiger partial charge on any atom is -0.461 e. The smallest absolute Gasteiger partial charge is 0.357 e. The standard InChI is InChI=1S/C18H20N4O3/c1-5-24-17(23)14-10-15(18(2,3)4)21-22(14)13-8-6-12(7-9-13)16-20-19-11-25-16/h6-11H,5H2,1-4H3. The number of benzene rings is 1. The Bertz CT molecular complexity index is 859. The average molecular weight is 340 g/mol. The van der Waals surface area contributed by atoms with Crippen LogP contribution in [0.2, 0.25) is 0 Å². The first-order valence-electron chi connectivity index (χ1n) is 8.05. The van der Waals surface area contributed by atoms with E-state index in [1.807, 2.05) is 45.0 Å². The molecule has 2 heterocycles. The Morgan fingerprint density at radius 1 is 1.24 bits per heavy atom. The molecule has 25 heavy (non-hydrogen) atoms. The van der Waals surface area contributed by atoms with Crippen LogP contribution >= 0.6 is 0 Å². The molecule has 0 saturated carbocycles. The topological polar surface area (TPSA) is 83.0 Å². The zero-order valence-electron chi connectivity index (χ0n) is 14.7. The molecule has 0 atom stereocenters. The van der Waals surface area contributed by atoms with Gasteiger partial charge in [0, 0.05) is 11.0 Å². The van der Waals surface area contributed by atoms with Crippen molar-refractivity contribution < 1.29 is 13.9 Å². The van der Waals surface area contributed by atoms with Crippen LogP contribution in [0.4, 0.5) is 0 Å². The Balaban J connectivity index is 2.03. The zero-order chi connectivity index (χ0) is 18.0. The van der Waals surface area contributed by atoms with Crippen LogP contribution < -0.4 is 0 Å². The first-order chi connectivity index (χ1) is 11.9. The van der Waals surface area contributed by atoms with Crippen molar-refractivity contribution >= 4 is 5.97 Å². The highest BCUT2D eigenvalue weighted by molar-refractivity contribution is 5.88. The zero-order valence-corrected chi connectivity index (χ0v) is 14.7. The Hall–Kier alpha value is -2.96. The molecular formula is C18H20N4O3. The summed E-state index contributed by atoms with van der Waals surface area (Å²) < 4.78 is 12.0. The van der Waals surface area contributed by atoms with Gasteiger partial charge in [0.1, 0.15) is 0 Å². The van der Waals surface area contributed by atoms with Crippen LogP contribution in [0.15, 0.2) is 41.1 Å². The van der Waals surface area contributed by atoms with E-state index in [1.165, 1.54) is 6.39 Å². The van der Waals surface area contributed by atoms with E-state index < -0.39 is 5.97 Å². The minimum atomic E-state index is -0.397. The van der Waals surface area contributed by atoms with Crippen LogP contribution in [0.5, 0.6) is 0 Å². The molecule has 0 unspecified atom stereocenters. The number of esters is 1. The molecule has 3 aromatic rings. The monoisotopic (exact) mass is 340 g/mol. The first kappa shape index (κ1) is 16.9. The van der Waals surface area contributed by atoms with Crippen LogP contribution in [-0.2, 0) is 10.2 Å². The van der Waals surface area contributed by atoms with Crippen molar-refractivity contribution in [2.75, 3.05) is 6.61 Å². The molecule has 0 aliphatic heterocycles. The summed E-state index contributed by atoms with van der Waals surface area (Å²) in [6.07, 6.45) is 1.28. The lowest BCUT2D eigenvalue weighted by Gasteiger charge is -2.14. The van der Waals surface area contributed by atoms with E-state index in [9.17, 15) is 4.79 Å². The second-order valence-corrected chi connectivity index (χ2v) is 6.59. The van der Waals surface area contributed by atoms with E-state index in [-0.39, 0.29) is 5.41 Å². The predicted molar refractivity (Wildman–Crippen MR) is 91.5 cm³/mol. The summed E-state index contributed by atoms with van der Waals surface area (Å²) in [6.45, 7) is 8.24. The number of carbonyl (C=O) groups is 1. The Kier molecular flexibility index (Phi) is 4.39. The SMILES string of the molecule is CCOC(=O)c1cc(C(C)(C)C)nn1-c1ccc(-c2nnco2)cc1. The summed E-state index contributed by atoms with van der Waals surface area (Å²) in [5.74, 6) is 0.0412. The van der Waals surface area contributed by atoms with Crippen LogP contribution in [0.1, 0.15) is 43.9 Å². The molecule has 7 heteroatoms. The van der Waals surface area contributed by atoms with E-state index in [0.717, 1.165) is 16.9 Å². The van der Waals surface area contributed by atoms with Crippen molar-refractivity contribution in [1.29, 1.82) is 0 Å². The maximum atomic E-state index is 12.3. The highest BCUT2D eigenvalue weighted by Crippen LogP contribution is 2.25. The molecule has 0 N–H and O–H groups in total. The molecule has 0 spiro atoms. The summed E-state index contributed by atoms with van der Waals surface area (Å²) in [4.78, 5) is 12.3. The molecule has 0 amide bonds. The van der Waals surface area contributed by atoms with E-state index in [4.69, 9.17) is 9.15 Å². The molecule has 0 fully saturated rings. The normalized spacial score (nSPS) is 11.5. The van der Waals surface area contributed by atoms with Gasteiger partial charge in [-0.15, -0.1) is 10.2 Å². The summed E-state index contributed by atoms with van der Waals surface area (Å²) >= 11 is 0. The predicted octanol–water partition coefficient (Wildman–Crippen LogP) is 3.40. The van der Waals surface area contributed by atoms with Crippen LogP contribution in [0.3, 0.4) is 0 Å². The number of ether oxygens (including phenoxy) is 1. The molecular weight excluding hydrogens is 320 g/mol. The van der Waals surface area contributed by atoms with Gasteiger partial charge in [-0.3, -0.25) is 0 Å². The third-order valence-corrected chi connectivity index (χ3v) is 3.68. The third-order valence-electron chi connectivity index (χ3n) is 3.68. The molecule has 1 aromatic carbocycles. The van der Waals surface area contributed by atoms with E-state index >= 15 is 0 Å². The number of nitrogens with zero attached hydrogens (tertiary/aromatic N) is 4. The van der Waals surface area contributed by atoms with E-state index in [0.29, 0.717) is 18.2 Å². The number of hydrogen-bond acceptors (Lipinski definition) is 6. The summed E-state index contributed by atoms with van der Waals surface area (Å²) in [7, 11) is 0. The Labute approximate surface area is 145 Å². The second-order valence-electron chi connectivity index (χ2n) is 6.59. The van der Waals surface area contributed by atoms with Crippen LogP contribution in [0, 0.1) is 0 Å². The van der Waals surface area contributed by atoms with Gasteiger partial charge in [-0.25, -0.2) is 9.48 Å². The van der Waals surface area contributed by atoms with Gasteiger partial charge in [0.25, 0.3) is 0 Å². The van der Waals surface area contributed by atoms with Crippen molar-refractivity contribution in [2.45, 2.75) is 33.1 Å². The summed E-state index contributed by atoms with van der Waals surface area (Å²) in [6, 6.07) is 9.17. The van der Waals surface area contributed by atoms with Gasteiger partial charge in [-0.1, -0.05) is 20.8 Å². The molecule has 130 valence electrons. The molecule has 0 bridgehead atoms. The van der Waals surface area contributed by atoms with E-state index in [1.54, 1.807) is 17.7 Å². The van der Waals surface area contributed by atoms with Crippen molar-refractivity contribution in [3.05, 3.63) is 48.1 Å². The quantitative estimate of drug-likeness (QED) is 0.677. The van der Waals surface area contributed by atoms with Crippen LogP contribution in [0.25, 0.3) is 17.1 Å².